The van der Waals surface area contributed by atoms with Crippen molar-refractivity contribution in [1.29, 1.82) is 0 Å². The van der Waals surface area contributed by atoms with Gasteiger partial charge in [-0.1, -0.05) is 53.4 Å². The van der Waals surface area contributed by atoms with Gasteiger partial charge < -0.3 is 23.7 Å². The third kappa shape index (κ3) is 8.11. The van der Waals surface area contributed by atoms with E-state index in [9.17, 15) is 0 Å². The van der Waals surface area contributed by atoms with Crippen LogP contribution in [0.5, 0.6) is 23.0 Å². The van der Waals surface area contributed by atoms with Crippen molar-refractivity contribution in [2.24, 2.45) is 0 Å². The summed E-state index contributed by atoms with van der Waals surface area (Å²) in [4.78, 5) is 0. The lowest BCUT2D eigenvalue weighted by Gasteiger charge is -2.26. The van der Waals surface area contributed by atoms with Crippen LogP contribution in [0.25, 0.3) is 5.76 Å². The van der Waals surface area contributed by atoms with Gasteiger partial charge in [0.15, 0.2) is 5.76 Å². The minimum absolute atomic E-state index is 0.625. The molecule has 0 fully saturated rings. The van der Waals surface area contributed by atoms with Crippen LogP contribution in [-0.4, -0.2) is 26.4 Å². The highest BCUT2D eigenvalue weighted by Gasteiger charge is 2.27. The topological polar surface area (TPSA) is 46.2 Å². The van der Waals surface area contributed by atoms with E-state index in [1.54, 1.807) is 0 Å². The molecule has 0 aromatic heterocycles. The Bertz CT molecular complexity index is 948. The van der Waals surface area contributed by atoms with E-state index in [2.05, 4.69) is 27.7 Å². The van der Waals surface area contributed by atoms with E-state index in [1.165, 1.54) is 0 Å². The highest BCUT2D eigenvalue weighted by Crippen LogP contribution is 2.43. The Hall–Kier alpha value is -2.82. The molecule has 0 aliphatic carbocycles. The predicted molar refractivity (Wildman–Crippen MR) is 146 cm³/mol. The van der Waals surface area contributed by atoms with Crippen molar-refractivity contribution in [3.05, 3.63) is 53.3 Å². The molecule has 0 unspecified atom stereocenters. The molecule has 0 radical (unpaired) electrons. The molecule has 1 aliphatic rings. The fraction of sp³-hybridized carbons (Fsp3) is 0.548. The molecule has 0 bridgehead atoms. The summed E-state index contributed by atoms with van der Waals surface area (Å²) in [6.45, 7) is 11.4. The smallest absolute Gasteiger partial charge is 0.172 e. The highest BCUT2D eigenvalue weighted by atomic mass is 16.5. The second kappa shape index (κ2) is 15.3. The van der Waals surface area contributed by atoms with Crippen LogP contribution in [0.1, 0.15) is 90.2 Å². The van der Waals surface area contributed by atoms with Gasteiger partial charge >= 0.3 is 0 Å². The van der Waals surface area contributed by atoms with E-state index in [0.29, 0.717) is 26.2 Å². The Labute approximate surface area is 217 Å². The molecule has 2 aromatic carbocycles. The van der Waals surface area contributed by atoms with Crippen LogP contribution in [0.15, 0.2) is 42.2 Å². The van der Waals surface area contributed by atoms with Crippen LogP contribution >= 0.6 is 0 Å². The summed E-state index contributed by atoms with van der Waals surface area (Å²) in [6, 6.07) is 12.1. The minimum Gasteiger partial charge on any atom is -0.494 e. The number of allylic oxidation sites excluding steroid dienone is 1. The van der Waals surface area contributed by atoms with Crippen LogP contribution < -0.4 is 18.9 Å². The molecular weight excluding hydrogens is 452 g/mol. The predicted octanol–water partition coefficient (Wildman–Crippen LogP) is 8.34. The molecule has 0 saturated heterocycles. The second-order valence-corrected chi connectivity index (χ2v) is 9.26. The fourth-order valence-electron chi connectivity index (χ4n) is 3.85. The zero-order chi connectivity index (χ0) is 25.6. The van der Waals surface area contributed by atoms with Crippen molar-refractivity contribution < 1.29 is 23.7 Å². The van der Waals surface area contributed by atoms with E-state index in [1.807, 2.05) is 36.4 Å². The van der Waals surface area contributed by atoms with Crippen molar-refractivity contribution in [3.63, 3.8) is 0 Å². The summed E-state index contributed by atoms with van der Waals surface area (Å²) in [6.07, 6.45) is 9.05. The largest absolute Gasteiger partial charge is 0.494 e. The van der Waals surface area contributed by atoms with Crippen molar-refractivity contribution in [2.75, 3.05) is 26.4 Å². The first-order valence-electron chi connectivity index (χ1n) is 13.9. The van der Waals surface area contributed by atoms with Gasteiger partial charge in [0.1, 0.15) is 28.8 Å². The van der Waals surface area contributed by atoms with Crippen molar-refractivity contribution in [2.45, 2.75) is 85.5 Å². The van der Waals surface area contributed by atoms with Crippen LogP contribution in [0.3, 0.4) is 0 Å². The maximum Gasteiger partial charge on any atom is 0.172 e. The first kappa shape index (κ1) is 27.8. The van der Waals surface area contributed by atoms with Crippen LogP contribution in [-0.2, 0) is 11.2 Å². The lowest BCUT2D eigenvalue weighted by atomic mass is 10.0. The molecule has 3 rings (SSSR count). The van der Waals surface area contributed by atoms with Gasteiger partial charge in [-0.2, -0.15) is 0 Å². The van der Waals surface area contributed by atoms with E-state index in [4.69, 9.17) is 23.7 Å². The highest BCUT2D eigenvalue weighted by molar-refractivity contribution is 5.70. The Kier molecular flexibility index (Phi) is 11.8. The monoisotopic (exact) mass is 496 g/mol. The van der Waals surface area contributed by atoms with Gasteiger partial charge in [0, 0.05) is 29.7 Å². The zero-order valence-electron chi connectivity index (χ0n) is 22.7. The third-order valence-electron chi connectivity index (χ3n) is 6.12. The van der Waals surface area contributed by atoms with Crippen LogP contribution in [0.2, 0.25) is 0 Å². The maximum absolute atomic E-state index is 6.55. The number of hydrogen-bond acceptors (Lipinski definition) is 5. The molecule has 0 N–H and O–H groups in total. The second-order valence-electron chi connectivity index (χ2n) is 9.26. The lowest BCUT2D eigenvalue weighted by Crippen LogP contribution is -2.15. The van der Waals surface area contributed by atoms with Crippen molar-refractivity contribution in [3.8, 4) is 23.0 Å². The summed E-state index contributed by atoms with van der Waals surface area (Å²) in [5.41, 5.74) is 1.99. The van der Waals surface area contributed by atoms with Gasteiger partial charge in [0.05, 0.1) is 26.4 Å². The van der Waals surface area contributed by atoms with Crippen molar-refractivity contribution >= 4 is 5.76 Å². The number of hydrogen-bond donors (Lipinski definition) is 0. The number of rotatable bonds is 17. The van der Waals surface area contributed by atoms with E-state index >= 15 is 0 Å². The first-order valence-corrected chi connectivity index (χ1v) is 13.9. The molecular formula is C31H44O5. The normalized spacial score (nSPS) is 12.7. The minimum atomic E-state index is 0.625. The quantitative estimate of drug-likeness (QED) is 0.206. The van der Waals surface area contributed by atoms with Gasteiger partial charge in [-0.15, -0.1) is 0 Å². The fourth-order valence-corrected chi connectivity index (χ4v) is 3.85. The summed E-state index contributed by atoms with van der Waals surface area (Å²) >= 11 is 0. The van der Waals surface area contributed by atoms with Crippen LogP contribution in [0.4, 0.5) is 0 Å². The average molecular weight is 497 g/mol. The maximum atomic E-state index is 6.55. The summed E-state index contributed by atoms with van der Waals surface area (Å²) in [5.74, 6) is 4.85. The Morgan fingerprint density at radius 1 is 0.639 bits per heavy atom. The van der Waals surface area contributed by atoms with E-state index in [-0.39, 0.29) is 0 Å². The SMILES string of the molecule is CCCCOC1=C(c2ccc(OCCCC)cc2)Oc2cc(OCCCC)cc(OCCCC)c2C1. The Morgan fingerprint density at radius 2 is 1.19 bits per heavy atom. The molecule has 1 aliphatic heterocycles. The summed E-state index contributed by atoms with van der Waals surface area (Å²) < 4.78 is 30.9. The summed E-state index contributed by atoms with van der Waals surface area (Å²) in [7, 11) is 0. The molecule has 5 heteroatoms. The molecule has 0 spiro atoms. The van der Waals surface area contributed by atoms with Gasteiger partial charge in [0.2, 0.25) is 0 Å². The molecule has 2 aromatic rings. The summed E-state index contributed by atoms with van der Waals surface area (Å²) in [5, 5.41) is 0. The standard InChI is InChI=1S/C31H44O5/c1-5-9-17-32-25-15-13-24(14-16-25)31-30(35-20-12-8-4)23-27-28(34-19-11-7-3)21-26(22-29(27)36-31)33-18-10-6-2/h13-16,21-22H,5-12,17-20,23H2,1-4H3. The lowest BCUT2D eigenvalue weighted by molar-refractivity contribution is 0.191. The first-order chi connectivity index (χ1) is 17.7. The Balaban J connectivity index is 1.90. The third-order valence-corrected chi connectivity index (χ3v) is 6.12. The van der Waals surface area contributed by atoms with Gasteiger partial charge in [0.25, 0.3) is 0 Å². The number of fused-ring (bicyclic) bond motifs is 1. The molecule has 36 heavy (non-hydrogen) atoms. The Morgan fingerprint density at radius 3 is 1.81 bits per heavy atom. The van der Waals surface area contributed by atoms with Crippen LogP contribution in [0, 0.1) is 0 Å². The van der Waals surface area contributed by atoms with Gasteiger partial charge in [-0.25, -0.2) is 0 Å². The molecule has 0 atom stereocenters. The molecule has 198 valence electrons. The van der Waals surface area contributed by atoms with Gasteiger partial charge in [-0.05, 0) is 49.9 Å². The zero-order valence-corrected chi connectivity index (χ0v) is 22.7. The van der Waals surface area contributed by atoms with Gasteiger partial charge in [-0.3, -0.25) is 0 Å². The average Bonchev–Trinajstić information content (AvgIpc) is 2.89. The molecule has 0 saturated carbocycles. The van der Waals surface area contributed by atoms with E-state index in [0.717, 1.165) is 104 Å². The molecule has 0 amide bonds. The molecule has 5 nitrogen and oxygen atoms in total. The van der Waals surface area contributed by atoms with E-state index < -0.39 is 0 Å². The molecule has 1 heterocycles. The number of unbranched alkanes of at least 4 members (excludes halogenated alkanes) is 4. The number of benzene rings is 2. The van der Waals surface area contributed by atoms with Crippen molar-refractivity contribution in [1.82, 2.24) is 0 Å². The number of ether oxygens (including phenoxy) is 5.